The van der Waals surface area contributed by atoms with Gasteiger partial charge in [-0.15, -0.1) is 0 Å². The SMILES string of the molecule is CC1(C(O)Cc2ccncc2Cl)CCCO1. The van der Waals surface area contributed by atoms with Crippen LogP contribution in [0.3, 0.4) is 0 Å². The first-order chi connectivity index (χ1) is 7.62. The van der Waals surface area contributed by atoms with Crippen LogP contribution in [0.15, 0.2) is 18.5 Å². The van der Waals surface area contributed by atoms with E-state index in [0.717, 1.165) is 25.0 Å². The quantitative estimate of drug-likeness (QED) is 0.882. The van der Waals surface area contributed by atoms with Crippen molar-refractivity contribution in [1.29, 1.82) is 0 Å². The number of hydrogen-bond donors (Lipinski definition) is 1. The van der Waals surface area contributed by atoms with E-state index in [1.165, 1.54) is 0 Å². The monoisotopic (exact) mass is 241 g/mol. The summed E-state index contributed by atoms with van der Waals surface area (Å²) in [5.74, 6) is 0. The Labute approximate surface area is 100 Å². The number of aliphatic hydroxyl groups is 1. The number of hydrogen-bond acceptors (Lipinski definition) is 3. The number of rotatable bonds is 3. The summed E-state index contributed by atoms with van der Waals surface area (Å²) in [6.45, 7) is 2.69. The first kappa shape index (κ1) is 11.8. The zero-order valence-corrected chi connectivity index (χ0v) is 10.1. The third-order valence-corrected chi connectivity index (χ3v) is 3.56. The third kappa shape index (κ3) is 2.37. The van der Waals surface area contributed by atoms with Crippen LogP contribution in [0, 0.1) is 0 Å². The molecule has 1 aromatic rings. The van der Waals surface area contributed by atoms with Crippen LogP contribution in [0.5, 0.6) is 0 Å². The molecule has 2 rings (SSSR count). The lowest BCUT2D eigenvalue weighted by Crippen LogP contribution is -2.40. The molecule has 1 saturated heterocycles. The van der Waals surface area contributed by atoms with Crippen LogP contribution in [0.2, 0.25) is 5.02 Å². The van der Waals surface area contributed by atoms with Crippen LogP contribution >= 0.6 is 11.6 Å². The van der Waals surface area contributed by atoms with Gasteiger partial charge >= 0.3 is 0 Å². The summed E-state index contributed by atoms with van der Waals surface area (Å²) >= 11 is 6.01. The van der Waals surface area contributed by atoms with E-state index >= 15 is 0 Å². The van der Waals surface area contributed by atoms with Crippen molar-refractivity contribution in [2.45, 2.75) is 37.9 Å². The lowest BCUT2D eigenvalue weighted by Gasteiger charge is -2.29. The smallest absolute Gasteiger partial charge is 0.0916 e. The maximum Gasteiger partial charge on any atom is 0.0916 e. The van der Waals surface area contributed by atoms with Gasteiger partial charge in [0.2, 0.25) is 0 Å². The average molecular weight is 242 g/mol. The van der Waals surface area contributed by atoms with Gasteiger partial charge in [0.15, 0.2) is 0 Å². The normalized spacial score (nSPS) is 26.9. The van der Waals surface area contributed by atoms with Gasteiger partial charge in [0.05, 0.1) is 16.7 Å². The largest absolute Gasteiger partial charge is 0.390 e. The molecule has 1 aliphatic heterocycles. The Bertz CT molecular complexity index is 364. The van der Waals surface area contributed by atoms with Gasteiger partial charge < -0.3 is 9.84 Å². The molecule has 2 heterocycles. The minimum absolute atomic E-state index is 0.424. The molecule has 16 heavy (non-hydrogen) atoms. The molecule has 0 amide bonds. The fraction of sp³-hybridized carbons (Fsp3) is 0.583. The van der Waals surface area contributed by atoms with Crippen molar-refractivity contribution in [3.05, 3.63) is 29.0 Å². The Balaban J connectivity index is 2.07. The average Bonchev–Trinajstić information content (AvgIpc) is 2.70. The molecule has 3 nitrogen and oxygen atoms in total. The Morgan fingerprint density at radius 2 is 2.50 bits per heavy atom. The molecule has 2 atom stereocenters. The van der Waals surface area contributed by atoms with Crippen LogP contribution in [-0.2, 0) is 11.2 Å². The molecule has 0 bridgehead atoms. The predicted octanol–water partition coefficient (Wildman–Crippen LogP) is 2.21. The minimum atomic E-state index is -0.519. The molecular weight excluding hydrogens is 226 g/mol. The summed E-state index contributed by atoms with van der Waals surface area (Å²) in [4.78, 5) is 3.92. The highest BCUT2D eigenvalue weighted by atomic mass is 35.5. The molecule has 2 unspecified atom stereocenters. The summed E-state index contributed by atoms with van der Waals surface area (Å²) in [6.07, 6.45) is 5.19. The summed E-state index contributed by atoms with van der Waals surface area (Å²) < 4.78 is 5.61. The molecule has 4 heteroatoms. The van der Waals surface area contributed by atoms with Gasteiger partial charge in [-0.05, 0) is 31.4 Å². The van der Waals surface area contributed by atoms with E-state index in [0.29, 0.717) is 11.4 Å². The van der Waals surface area contributed by atoms with Gasteiger partial charge in [0, 0.05) is 25.4 Å². The molecule has 1 aromatic heterocycles. The fourth-order valence-electron chi connectivity index (χ4n) is 2.06. The number of pyridine rings is 1. The van der Waals surface area contributed by atoms with Crippen molar-refractivity contribution in [3.8, 4) is 0 Å². The molecule has 0 saturated carbocycles. The summed E-state index contributed by atoms with van der Waals surface area (Å²) in [6, 6.07) is 1.84. The molecule has 88 valence electrons. The summed E-state index contributed by atoms with van der Waals surface area (Å²) in [5, 5.41) is 10.8. The molecule has 0 radical (unpaired) electrons. The lowest BCUT2D eigenvalue weighted by molar-refractivity contribution is -0.0768. The Kier molecular flexibility index (Phi) is 3.47. The summed E-state index contributed by atoms with van der Waals surface area (Å²) in [7, 11) is 0. The van der Waals surface area contributed by atoms with E-state index in [1.54, 1.807) is 12.4 Å². The number of nitrogens with zero attached hydrogens (tertiary/aromatic N) is 1. The van der Waals surface area contributed by atoms with Gasteiger partial charge in [-0.2, -0.15) is 0 Å². The van der Waals surface area contributed by atoms with Crippen LogP contribution in [0.1, 0.15) is 25.3 Å². The molecular formula is C12H16ClNO2. The zero-order valence-electron chi connectivity index (χ0n) is 9.32. The number of halogens is 1. The third-order valence-electron chi connectivity index (χ3n) is 3.22. The topological polar surface area (TPSA) is 42.4 Å². The molecule has 1 N–H and O–H groups in total. The first-order valence-electron chi connectivity index (χ1n) is 5.52. The van der Waals surface area contributed by atoms with Crippen LogP contribution in [0.25, 0.3) is 0 Å². The van der Waals surface area contributed by atoms with Gasteiger partial charge in [-0.25, -0.2) is 0 Å². The molecule has 0 spiro atoms. The van der Waals surface area contributed by atoms with E-state index in [2.05, 4.69) is 4.98 Å². The van der Waals surface area contributed by atoms with E-state index in [1.807, 2.05) is 13.0 Å². The van der Waals surface area contributed by atoms with Crippen molar-refractivity contribution in [2.24, 2.45) is 0 Å². The Morgan fingerprint density at radius 3 is 3.12 bits per heavy atom. The van der Waals surface area contributed by atoms with E-state index < -0.39 is 11.7 Å². The first-order valence-corrected chi connectivity index (χ1v) is 5.90. The highest BCUT2D eigenvalue weighted by Crippen LogP contribution is 2.31. The van der Waals surface area contributed by atoms with E-state index in [9.17, 15) is 5.11 Å². The standard InChI is InChI=1S/C12H16ClNO2/c1-12(4-2-6-16-12)11(15)7-9-3-5-14-8-10(9)13/h3,5,8,11,15H,2,4,6-7H2,1H3. The minimum Gasteiger partial charge on any atom is -0.390 e. The lowest BCUT2D eigenvalue weighted by atomic mass is 9.91. The number of aromatic nitrogens is 1. The van der Waals surface area contributed by atoms with Crippen LogP contribution in [-0.4, -0.2) is 28.4 Å². The molecule has 0 aliphatic carbocycles. The van der Waals surface area contributed by atoms with Crippen molar-refractivity contribution < 1.29 is 9.84 Å². The van der Waals surface area contributed by atoms with Gasteiger partial charge in [-0.3, -0.25) is 4.98 Å². The number of ether oxygens (including phenoxy) is 1. The second-order valence-electron chi connectivity index (χ2n) is 4.45. The van der Waals surface area contributed by atoms with Crippen LogP contribution < -0.4 is 0 Å². The second-order valence-corrected chi connectivity index (χ2v) is 4.86. The maximum atomic E-state index is 10.2. The van der Waals surface area contributed by atoms with Gasteiger partial charge in [0.1, 0.15) is 0 Å². The molecule has 0 aromatic carbocycles. The molecule has 1 aliphatic rings. The van der Waals surface area contributed by atoms with Gasteiger partial charge in [0.25, 0.3) is 0 Å². The van der Waals surface area contributed by atoms with Crippen molar-refractivity contribution in [2.75, 3.05) is 6.61 Å². The maximum absolute atomic E-state index is 10.2. The Morgan fingerprint density at radius 1 is 1.69 bits per heavy atom. The Hall–Kier alpha value is -0.640. The van der Waals surface area contributed by atoms with Crippen LogP contribution in [0.4, 0.5) is 0 Å². The highest BCUT2D eigenvalue weighted by Gasteiger charge is 2.37. The van der Waals surface area contributed by atoms with Crippen molar-refractivity contribution in [1.82, 2.24) is 4.98 Å². The molecule has 1 fully saturated rings. The zero-order chi connectivity index (χ0) is 11.6. The van der Waals surface area contributed by atoms with E-state index in [4.69, 9.17) is 16.3 Å². The second kappa shape index (κ2) is 4.70. The van der Waals surface area contributed by atoms with E-state index in [-0.39, 0.29) is 0 Å². The van der Waals surface area contributed by atoms with Gasteiger partial charge in [-0.1, -0.05) is 11.6 Å². The predicted molar refractivity (Wildman–Crippen MR) is 62.5 cm³/mol. The highest BCUT2D eigenvalue weighted by molar-refractivity contribution is 6.31. The fourth-order valence-corrected chi connectivity index (χ4v) is 2.25. The van der Waals surface area contributed by atoms with Crippen molar-refractivity contribution in [3.63, 3.8) is 0 Å². The summed E-state index contributed by atoms with van der Waals surface area (Å²) in [5.41, 5.74) is 0.493. The number of aliphatic hydroxyl groups excluding tert-OH is 1. The van der Waals surface area contributed by atoms with Crippen molar-refractivity contribution >= 4 is 11.6 Å².